The molecule has 0 aromatic heterocycles. The molecule has 0 spiro atoms. The van der Waals surface area contributed by atoms with Gasteiger partial charge < -0.3 is 18.9 Å². The van der Waals surface area contributed by atoms with Crippen LogP contribution in [0.2, 0.25) is 0 Å². The molecule has 0 fully saturated rings. The normalized spacial score (nSPS) is 11.7. The molecule has 0 atom stereocenters. The maximum Gasteiger partial charge on any atom is 0.298 e. The van der Waals surface area contributed by atoms with Crippen molar-refractivity contribution in [1.82, 2.24) is 0 Å². The molecule has 8 aromatic carbocycles. The zero-order chi connectivity index (χ0) is 47.5. The summed E-state index contributed by atoms with van der Waals surface area (Å²) in [5, 5.41) is 0. The number of rotatable bonds is 15. The van der Waals surface area contributed by atoms with E-state index in [2.05, 4.69) is 0 Å². The minimum absolute atomic E-state index is 0.140. The van der Waals surface area contributed by atoms with Crippen molar-refractivity contribution in [1.29, 1.82) is 0 Å². The van der Waals surface area contributed by atoms with E-state index >= 15 is 0 Å². The molecule has 0 amide bonds. The van der Waals surface area contributed by atoms with Gasteiger partial charge in [0.2, 0.25) is 9.84 Å². The highest BCUT2D eigenvalue weighted by atomic mass is 32.2. The minimum atomic E-state index is -4.97. The van der Waals surface area contributed by atoms with Crippen molar-refractivity contribution >= 4 is 35.9 Å². The number of hydrogen-bond acceptors (Lipinski definition) is 11. The fourth-order valence-corrected chi connectivity index (χ4v) is 9.44. The SMILES string of the molecule is COc1ccc(-c2ccc(Oc3ccc(C(=O)c4ccc(Oc5ccc(-c6ccc(Oc7ccc(S(=O)(=O)c8ccc(C)cc8)cc7)cc6)cc5)c(S(=O)(=O)O)c4)cc3S(=O)(=O)O)cc2)cc1. The van der Waals surface area contributed by atoms with Crippen LogP contribution in [0.4, 0.5) is 0 Å². The van der Waals surface area contributed by atoms with Gasteiger partial charge in [-0.15, -0.1) is 0 Å². The third kappa shape index (κ3) is 10.6. The number of carbonyl (C=O) groups excluding carboxylic acids is 1. The Morgan fingerprint density at radius 3 is 1.06 bits per heavy atom. The van der Waals surface area contributed by atoms with E-state index in [1.54, 1.807) is 104 Å². The lowest BCUT2D eigenvalue weighted by Crippen LogP contribution is -2.08. The number of carbonyl (C=O) groups is 1. The van der Waals surface area contributed by atoms with Gasteiger partial charge in [-0.3, -0.25) is 13.9 Å². The van der Waals surface area contributed by atoms with Gasteiger partial charge in [0.05, 0.1) is 16.9 Å². The van der Waals surface area contributed by atoms with Gasteiger partial charge in [0.25, 0.3) is 20.2 Å². The van der Waals surface area contributed by atoms with Gasteiger partial charge in [-0.2, -0.15) is 16.8 Å². The summed E-state index contributed by atoms with van der Waals surface area (Å²) >= 11 is 0. The summed E-state index contributed by atoms with van der Waals surface area (Å²) in [4.78, 5) is 12.6. The van der Waals surface area contributed by atoms with Crippen LogP contribution in [0, 0.1) is 6.92 Å². The number of benzene rings is 8. The van der Waals surface area contributed by atoms with Gasteiger partial charge in [0.15, 0.2) is 5.78 Å². The van der Waals surface area contributed by atoms with Crippen molar-refractivity contribution in [2.75, 3.05) is 7.11 Å². The van der Waals surface area contributed by atoms with Gasteiger partial charge in [0, 0.05) is 11.1 Å². The summed E-state index contributed by atoms with van der Waals surface area (Å²) in [5.41, 5.74) is 3.78. The van der Waals surface area contributed by atoms with Crippen molar-refractivity contribution in [3.63, 3.8) is 0 Å². The standard InChI is InChI=1S/C51H38O13S3/c1-33-3-25-45(26-4-33)65(53,54)46-27-23-42(24-28-46)62-41-17-7-35(8-18-41)37-11-21-44(22-12-37)64-48-30-14-39(32-50(48)67(58,59)60)51(52)38-13-29-47(49(31-38)66(55,56)57)63-43-19-9-36(10-20-43)34-5-15-40(61-2)16-6-34/h3-32H,1-2H3,(H,55,56,57)(H,58,59,60). The van der Waals surface area contributed by atoms with Crippen molar-refractivity contribution in [3.05, 3.63) is 199 Å². The molecule has 0 bridgehead atoms. The molecule has 13 nitrogen and oxygen atoms in total. The predicted octanol–water partition coefficient (Wildman–Crippen LogP) is 11.3. The molecule has 0 aliphatic carbocycles. The van der Waals surface area contributed by atoms with E-state index < -0.39 is 45.6 Å². The van der Waals surface area contributed by atoms with Crippen LogP contribution >= 0.6 is 0 Å². The molecule has 0 saturated heterocycles. The van der Waals surface area contributed by atoms with Gasteiger partial charge in [-0.05, 0) is 151 Å². The Morgan fingerprint density at radius 2 is 0.716 bits per heavy atom. The zero-order valence-corrected chi connectivity index (χ0v) is 37.9. The Balaban J connectivity index is 0.938. The van der Waals surface area contributed by atoms with E-state index in [0.29, 0.717) is 17.2 Å². The van der Waals surface area contributed by atoms with E-state index in [1.165, 1.54) is 36.4 Å². The Bertz CT molecular complexity index is 3450. The van der Waals surface area contributed by atoms with Crippen LogP contribution in [0.1, 0.15) is 21.5 Å². The molecule has 67 heavy (non-hydrogen) atoms. The lowest BCUT2D eigenvalue weighted by Gasteiger charge is -2.13. The molecule has 16 heteroatoms. The number of sulfone groups is 1. The van der Waals surface area contributed by atoms with Crippen LogP contribution in [0.15, 0.2) is 202 Å². The first-order chi connectivity index (χ1) is 31.9. The van der Waals surface area contributed by atoms with Crippen molar-refractivity contribution in [3.8, 4) is 62.5 Å². The highest BCUT2D eigenvalue weighted by Gasteiger charge is 2.25. The molecule has 0 unspecified atom stereocenters. The van der Waals surface area contributed by atoms with Gasteiger partial charge in [-0.1, -0.05) is 66.2 Å². The fraction of sp³-hybridized carbons (Fsp3) is 0.0392. The second-order valence-electron chi connectivity index (χ2n) is 15.0. The number of aryl methyl sites for hydroxylation is 1. The summed E-state index contributed by atoms with van der Waals surface area (Å²) in [6.45, 7) is 1.88. The first kappa shape index (κ1) is 45.9. The summed E-state index contributed by atoms with van der Waals surface area (Å²) in [6.07, 6.45) is 0. The smallest absolute Gasteiger partial charge is 0.298 e. The third-order valence-corrected chi connectivity index (χ3v) is 14.0. The number of methoxy groups -OCH3 is 1. The van der Waals surface area contributed by atoms with E-state index in [-0.39, 0.29) is 43.9 Å². The molecule has 8 rings (SSSR count). The van der Waals surface area contributed by atoms with E-state index in [4.69, 9.17) is 18.9 Å². The molecular weight excluding hydrogens is 917 g/mol. The maximum atomic E-state index is 13.7. The van der Waals surface area contributed by atoms with Gasteiger partial charge in [-0.25, -0.2) is 8.42 Å². The molecule has 2 N–H and O–H groups in total. The third-order valence-electron chi connectivity index (χ3n) is 10.4. The van der Waals surface area contributed by atoms with Crippen LogP contribution in [0.5, 0.6) is 40.2 Å². The number of ether oxygens (including phenoxy) is 4. The monoisotopic (exact) mass is 954 g/mol. The number of ketones is 1. The minimum Gasteiger partial charge on any atom is -0.497 e. The molecule has 0 radical (unpaired) electrons. The molecule has 0 aliphatic heterocycles. The van der Waals surface area contributed by atoms with Crippen LogP contribution in [0.3, 0.4) is 0 Å². The Hall–Kier alpha value is -7.60. The molecule has 338 valence electrons. The summed E-state index contributed by atoms with van der Waals surface area (Å²) < 4.78 is 119. The first-order valence-corrected chi connectivity index (χ1v) is 24.5. The van der Waals surface area contributed by atoms with E-state index in [0.717, 1.165) is 39.9 Å². The highest BCUT2D eigenvalue weighted by molar-refractivity contribution is 7.91. The topological polar surface area (TPSA) is 197 Å². The highest BCUT2D eigenvalue weighted by Crippen LogP contribution is 2.36. The summed E-state index contributed by atoms with van der Waals surface area (Å²) in [7, 11) is -12.0. The van der Waals surface area contributed by atoms with E-state index in [1.807, 2.05) is 43.3 Å². The number of hydrogen-bond donors (Lipinski definition) is 2. The van der Waals surface area contributed by atoms with E-state index in [9.17, 15) is 39.2 Å². The molecule has 0 saturated carbocycles. The predicted molar refractivity (Wildman–Crippen MR) is 250 cm³/mol. The van der Waals surface area contributed by atoms with Crippen LogP contribution in [0.25, 0.3) is 22.3 Å². The largest absolute Gasteiger partial charge is 0.497 e. The Labute approximate surface area is 386 Å². The average molecular weight is 955 g/mol. The quantitative estimate of drug-likeness (QED) is 0.0728. The molecular formula is C51H38O13S3. The fourth-order valence-electron chi connectivity index (χ4n) is 6.90. The Morgan fingerprint density at radius 1 is 0.403 bits per heavy atom. The molecule has 0 heterocycles. The molecule has 8 aromatic rings. The van der Waals surface area contributed by atoms with Crippen molar-refractivity contribution in [2.24, 2.45) is 0 Å². The van der Waals surface area contributed by atoms with Gasteiger partial charge in [0.1, 0.15) is 50.0 Å². The van der Waals surface area contributed by atoms with Crippen LogP contribution < -0.4 is 18.9 Å². The summed E-state index contributed by atoms with van der Waals surface area (Å²) in [6, 6.07) is 47.2. The van der Waals surface area contributed by atoms with Crippen molar-refractivity contribution in [2.45, 2.75) is 26.5 Å². The second kappa shape index (κ2) is 18.7. The zero-order valence-electron chi connectivity index (χ0n) is 35.4. The van der Waals surface area contributed by atoms with Crippen molar-refractivity contribution < 1.29 is 58.1 Å². The van der Waals surface area contributed by atoms with Crippen LogP contribution in [-0.2, 0) is 30.1 Å². The average Bonchev–Trinajstić information content (AvgIpc) is 3.32. The second-order valence-corrected chi connectivity index (χ2v) is 19.7. The lowest BCUT2D eigenvalue weighted by atomic mass is 10.0. The maximum absolute atomic E-state index is 13.7. The summed E-state index contributed by atoms with van der Waals surface area (Å²) in [5.74, 6) is 0.672. The molecule has 0 aliphatic rings. The van der Waals surface area contributed by atoms with Crippen LogP contribution in [-0.4, -0.2) is 47.3 Å². The van der Waals surface area contributed by atoms with Gasteiger partial charge >= 0.3 is 0 Å². The Kier molecular flexibility index (Phi) is 12.8. The lowest BCUT2D eigenvalue weighted by molar-refractivity contribution is 0.103. The first-order valence-electron chi connectivity index (χ1n) is 20.1.